The number of nitrogens with one attached hydrogen (secondary N) is 1. The summed E-state index contributed by atoms with van der Waals surface area (Å²) in [6.45, 7) is 0. The largest absolute Gasteiger partial charge is 0.379 e. The Kier molecular flexibility index (Phi) is 3.74. The van der Waals surface area contributed by atoms with Crippen molar-refractivity contribution in [1.29, 1.82) is 0 Å². The number of hydrazine groups is 1. The van der Waals surface area contributed by atoms with Crippen molar-refractivity contribution < 1.29 is 4.74 Å². The standard InChI is InChI=1S/C15H22N4O/c1-19-13-6-4-3-5-11(13)17-14(19)9-12(18-16)15(20-2)10-7-8-10/h3-6,10,12,15,18H,7-9,16H2,1-2H3. The smallest absolute Gasteiger partial charge is 0.111 e. The van der Waals surface area contributed by atoms with E-state index in [0.29, 0.717) is 5.92 Å². The summed E-state index contributed by atoms with van der Waals surface area (Å²) < 4.78 is 7.77. The highest BCUT2D eigenvalue weighted by molar-refractivity contribution is 5.75. The highest BCUT2D eigenvalue weighted by Crippen LogP contribution is 2.36. The topological polar surface area (TPSA) is 65.1 Å². The fourth-order valence-electron chi connectivity index (χ4n) is 2.95. The Bertz CT molecular complexity index is 591. The second kappa shape index (κ2) is 5.52. The van der Waals surface area contributed by atoms with Gasteiger partial charge in [0.25, 0.3) is 0 Å². The maximum absolute atomic E-state index is 5.74. The zero-order chi connectivity index (χ0) is 14.1. The number of nitrogens with two attached hydrogens (primary N) is 1. The second-order valence-corrected chi connectivity index (χ2v) is 5.59. The van der Waals surface area contributed by atoms with Crippen LogP contribution in [0.4, 0.5) is 0 Å². The summed E-state index contributed by atoms with van der Waals surface area (Å²) >= 11 is 0. The van der Waals surface area contributed by atoms with Crippen LogP contribution in [0.25, 0.3) is 11.0 Å². The molecule has 0 spiro atoms. The molecule has 1 saturated carbocycles. The van der Waals surface area contributed by atoms with Gasteiger partial charge in [0, 0.05) is 20.6 Å². The summed E-state index contributed by atoms with van der Waals surface area (Å²) in [6.07, 6.45) is 3.41. The zero-order valence-corrected chi connectivity index (χ0v) is 12.0. The number of aromatic nitrogens is 2. The maximum atomic E-state index is 5.74. The number of imidazole rings is 1. The molecule has 2 unspecified atom stereocenters. The third-order valence-electron chi connectivity index (χ3n) is 4.25. The molecular weight excluding hydrogens is 252 g/mol. The fourth-order valence-corrected chi connectivity index (χ4v) is 2.95. The van der Waals surface area contributed by atoms with Gasteiger partial charge in [-0.25, -0.2) is 4.98 Å². The molecule has 108 valence electrons. The molecule has 2 atom stereocenters. The maximum Gasteiger partial charge on any atom is 0.111 e. The van der Waals surface area contributed by atoms with E-state index in [0.717, 1.165) is 23.3 Å². The number of fused-ring (bicyclic) bond motifs is 1. The van der Waals surface area contributed by atoms with Gasteiger partial charge in [0.2, 0.25) is 0 Å². The highest BCUT2D eigenvalue weighted by atomic mass is 16.5. The molecule has 1 fully saturated rings. The molecule has 2 aromatic rings. The molecule has 5 heteroatoms. The van der Waals surface area contributed by atoms with Crippen molar-refractivity contribution in [2.45, 2.75) is 31.4 Å². The first-order chi connectivity index (χ1) is 9.74. The Hall–Kier alpha value is -1.43. The summed E-state index contributed by atoms with van der Waals surface area (Å²) in [7, 11) is 3.82. The van der Waals surface area contributed by atoms with Gasteiger partial charge in [0.05, 0.1) is 23.2 Å². The van der Waals surface area contributed by atoms with Gasteiger partial charge in [0.15, 0.2) is 0 Å². The molecule has 0 radical (unpaired) electrons. The second-order valence-electron chi connectivity index (χ2n) is 5.59. The van der Waals surface area contributed by atoms with E-state index in [1.54, 1.807) is 7.11 Å². The van der Waals surface area contributed by atoms with E-state index in [-0.39, 0.29) is 12.1 Å². The van der Waals surface area contributed by atoms with Gasteiger partial charge < -0.3 is 9.30 Å². The van der Waals surface area contributed by atoms with E-state index in [4.69, 9.17) is 15.6 Å². The summed E-state index contributed by atoms with van der Waals surface area (Å²) in [5, 5.41) is 0. The minimum atomic E-state index is 0.100. The van der Waals surface area contributed by atoms with Crippen molar-refractivity contribution in [2.24, 2.45) is 18.8 Å². The van der Waals surface area contributed by atoms with Crippen LogP contribution < -0.4 is 11.3 Å². The van der Waals surface area contributed by atoms with Crippen LogP contribution in [0.3, 0.4) is 0 Å². The monoisotopic (exact) mass is 274 g/mol. The van der Waals surface area contributed by atoms with Gasteiger partial charge in [-0.15, -0.1) is 0 Å². The first-order valence-electron chi connectivity index (χ1n) is 7.14. The SMILES string of the molecule is COC(C1CC1)C(Cc1nc2ccccc2n1C)NN. The van der Waals surface area contributed by atoms with Gasteiger partial charge >= 0.3 is 0 Å². The lowest BCUT2D eigenvalue weighted by Crippen LogP contribution is -2.47. The average Bonchev–Trinajstić information content (AvgIpc) is 3.25. The van der Waals surface area contributed by atoms with Crippen molar-refractivity contribution >= 4 is 11.0 Å². The van der Waals surface area contributed by atoms with Crippen molar-refractivity contribution in [3.05, 3.63) is 30.1 Å². The average molecular weight is 274 g/mol. The summed E-state index contributed by atoms with van der Waals surface area (Å²) in [4.78, 5) is 4.71. The number of nitrogens with zero attached hydrogens (tertiary/aromatic N) is 2. The van der Waals surface area contributed by atoms with E-state index in [9.17, 15) is 0 Å². The van der Waals surface area contributed by atoms with E-state index < -0.39 is 0 Å². The number of methoxy groups -OCH3 is 1. The van der Waals surface area contributed by atoms with Gasteiger partial charge in [0.1, 0.15) is 5.82 Å². The van der Waals surface area contributed by atoms with Crippen LogP contribution in [0.5, 0.6) is 0 Å². The molecular formula is C15H22N4O. The lowest BCUT2D eigenvalue weighted by Gasteiger charge is -2.25. The number of hydrogen-bond acceptors (Lipinski definition) is 4. The molecule has 0 bridgehead atoms. The number of rotatable bonds is 6. The van der Waals surface area contributed by atoms with Crippen molar-refractivity contribution in [1.82, 2.24) is 15.0 Å². The molecule has 20 heavy (non-hydrogen) atoms. The first kappa shape index (κ1) is 13.5. The molecule has 1 aromatic carbocycles. The zero-order valence-electron chi connectivity index (χ0n) is 12.0. The molecule has 1 aliphatic rings. The fraction of sp³-hybridized carbons (Fsp3) is 0.533. The molecule has 5 nitrogen and oxygen atoms in total. The van der Waals surface area contributed by atoms with E-state index in [1.807, 2.05) is 18.2 Å². The van der Waals surface area contributed by atoms with Gasteiger partial charge in [-0.3, -0.25) is 11.3 Å². The number of hydrogen-bond donors (Lipinski definition) is 2. The third-order valence-corrected chi connectivity index (χ3v) is 4.25. The van der Waals surface area contributed by atoms with Crippen LogP contribution in [-0.4, -0.2) is 28.8 Å². The van der Waals surface area contributed by atoms with Crippen LogP contribution >= 0.6 is 0 Å². The van der Waals surface area contributed by atoms with Crippen LogP contribution in [0.1, 0.15) is 18.7 Å². The predicted molar refractivity (Wildman–Crippen MR) is 79.1 cm³/mol. The molecule has 0 saturated heterocycles. The minimum Gasteiger partial charge on any atom is -0.379 e. The molecule has 3 N–H and O–H groups in total. The third kappa shape index (κ3) is 2.44. The normalized spacial score (nSPS) is 18.4. The lowest BCUT2D eigenvalue weighted by atomic mass is 10.0. The Morgan fingerprint density at radius 2 is 2.20 bits per heavy atom. The van der Waals surface area contributed by atoms with Gasteiger partial charge in [-0.1, -0.05) is 12.1 Å². The molecule has 1 aliphatic carbocycles. The van der Waals surface area contributed by atoms with Gasteiger partial charge in [-0.05, 0) is 30.9 Å². The lowest BCUT2D eigenvalue weighted by molar-refractivity contribution is 0.0503. The number of aryl methyl sites for hydroxylation is 1. The Balaban J connectivity index is 1.85. The number of ether oxygens (including phenoxy) is 1. The number of para-hydroxylation sites is 2. The predicted octanol–water partition coefficient (Wildman–Crippen LogP) is 1.37. The molecule has 1 aromatic heterocycles. The van der Waals surface area contributed by atoms with Crippen LogP contribution in [0.2, 0.25) is 0 Å². The Labute approximate surface area is 119 Å². The number of benzene rings is 1. The van der Waals surface area contributed by atoms with Crippen LogP contribution in [0.15, 0.2) is 24.3 Å². The van der Waals surface area contributed by atoms with Crippen molar-refractivity contribution in [3.63, 3.8) is 0 Å². The van der Waals surface area contributed by atoms with E-state index >= 15 is 0 Å². The van der Waals surface area contributed by atoms with Crippen molar-refractivity contribution in [3.8, 4) is 0 Å². The first-order valence-corrected chi connectivity index (χ1v) is 7.14. The summed E-state index contributed by atoms with van der Waals surface area (Å²) in [5.74, 6) is 7.41. The molecule has 3 rings (SSSR count). The molecule has 0 aliphatic heterocycles. The highest BCUT2D eigenvalue weighted by Gasteiger charge is 2.37. The molecule has 0 amide bonds. The minimum absolute atomic E-state index is 0.100. The quantitative estimate of drug-likeness (QED) is 0.617. The summed E-state index contributed by atoms with van der Waals surface area (Å²) in [6, 6.07) is 8.28. The van der Waals surface area contributed by atoms with E-state index in [1.165, 1.54) is 12.8 Å². The van der Waals surface area contributed by atoms with E-state index in [2.05, 4.69) is 23.1 Å². The van der Waals surface area contributed by atoms with Gasteiger partial charge in [-0.2, -0.15) is 0 Å². The van der Waals surface area contributed by atoms with Crippen molar-refractivity contribution in [2.75, 3.05) is 7.11 Å². The molecule has 1 heterocycles. The Morgan fingerprint density at radius 1 is 1.45 bits per heavy atom. The van der Waals surface area contributed by atoms with Crippen LogP contribution in [0, 0.1) is 5.92 Å². The van der Waals surface area contributed by atoms with Crippen LogP contribution in [-0.2, 0) is 18.2 Å². The summed E-state index contributed by atoms with van der Waals surface area (Å²) in [5.41, 5.74) is 5.10. The Morgan fingerprint density at radius 3 is 2.80 bits per heavy atom.